The van der Waals surface area contributed by atoms with E-state index < -0.39 is 0 Å². The van der Waals surface area contributed by atoms with E-state index in [-0.39, 0.29) is 5.91 Å². The number of benzene rings is 2. The van der Waals surface area contributed by atoms with Crippen molar-refractivity contribution in [3.63, 3.8) is 0 Å². The first-order valence-electron chi connectivity index (χ1n) is 9.88. The molecule has 0 aliphatic rings. The van der Waals surface area contributed by atoms with Gasteiger partial charge in [0, 0.05) is 61.0 Å². The summed E-state index contributed by atoms with van der Waals surface area (Å²) in [4.78, 5) is 20.7. The van der Waals surface area contributed by atoms with Crippen molar-refractivity contribution in [2.24, 2.45) is 0 Å². The average molecular weight is 430 g/mol. The SMILES string of the molecule is CNC(=O)c1c(C)oc2cc(Oc3ccnc(Nc4ccc(NC)c(C=N)c4)n3)ccc12. The topological polar surface area (TPSA) is 125 Å². The van der Waals surface area contributed by atoms with Crippen LogP contribution in [0.1, 0.15) is 21.7 Å². The number of fused-ring (bicyclic) bond motifs is 1. The molecule has 0 fully saturated rings. The van der Waals surface area contributed by atoms with Crippen molar-refractivity contribution in [3.05, 3.63) is 65.5 Å². The molecule has 0 bridgehead atoms. The van der Waals surface area contributed by atoms with Gasteiger partial charge in [0.2, 0.25) is 11.8 Å². The van der Waals surface area contributed by atoms with Crippen LogP contribution in [0.3, 0.4) is 0 Å². The van der Waals surface area contributed by atoms with E-state index in [1.54, 1.807) is 51.5 Å². The number of ether oxygens (including phenoxy) is 1. The molecule has 2 aromatic carbocycles. The maximum atomic E-state index is 12.1. The van der Waals surface area contributed by atoms with Gasteiger partial charge in [-0.15, -0.1) is 0 Å². The molecule has 162 valence electrons. The second-order valence-corrected chi connectivity index (χ2v) is 6.91. The first-order valence-corrected chi connectivity index (χ1v) is 9.88. The summed E-state index contributed by atoms with van der Waals surface area (Å²) in [6.07, 6.45) is 2.86. The van der Waals surface area contributed by atoms with Gasteiger partial charge in [-0.2, -0.15) is 4.98 Å². The van der Waals surface area contributed by atoms with Gasteiger partial charge in [0.1, 0.15) is 17.1 Å². The molecule has 0 atom stereocenters. The van der Waals surface area contributed by atoms with Gasteiger partial charge >= 0.3 is 0 Å². The Bertz CT molecular complexity index is 1310. The number of hydrogen-bond donors (Lipinski definition) is 4. The molecule has 0 unspecified atom stereocenters. The minimum atomic E-state index is -0.199. The predicted octanol–water partition coefficient (Wildman–Crippen LogP) is 4.47. The Morgan fingerprint density at radius 3 is 2.75 bits per heavy atom. The smallest absolute Gasteiger partial charge is 0.255 e. The Morgan fingerprint density at radius 2 is 2.00 bits per heavy atom. The molecule has 4 aromatic rings. The third-order valence-electron chi connectivity index (χ3n) is 4.88. The summed E-state index contributed by atoms with van der Waals surface area (Å²) in [6.45, 7) is 1.75. The highest BCUT2D eigenvalue weighted by atomic mass is 16.5. The van der Waals surface area contributed by atoms with E-state index in [0.717, 1.165) is 16.9 Å². The summed E-state index contributed by atoms with van der Waals surface area (Å²) >= 11 is 0. The van der Waals surface area contributed by atoms with Gasteiger partial charge in [-0.25, -0.2) is 4.98 Å². The Hall–Kier alpha value is -4.40. The molecule has 0 radical (unpaired) electrons. The van der Waals surface area contributed by atoms with Gasteiger partial charge in [-0.3, -0.25) is 4.79 Å². The third-order valence-corrected chi connectivity index (χ3v) is 4.88. The monoisotopic (exact) mass is 430 g/mol. The fourth-order valence-electron chi connectivity index (χ4n) is 3.37. The van der Waals surface area contributed by atoms with Crippen LogP contribution in [0.25, 0.3) is 11.0 Å². The van der Waals surface area contributed by atoms with Crippen molar-refractivity contribution >= 4 is 40.4 Å². The Kier molecular flexibility index (Phi) is 5.71. The van der Waals surface area contributed by atoms with Crippen LogP contribution in [-0.2, 0) is 0 Å². The summed E-state index contributed by atoms with van der Waals surface area (Å²) in [5.41, 5.74) is 3.40. The maximum absolute atomic E-state index is 12.1. The molecule has 4 rings (SSSR count). The number of hydrogen-bond acceptors (Lipinski definition) is 8. The third kappa shape index (κ3) is 4.08. The number of aryl methyl sites for hydroxylation is 1. The molecule has 2 heterocycles. The zero-order chi connectivity index (χ0) is 22.7. The van der Waals surface area contributed by atoms with Gasteiger partial charge in [0.25, 0.3) is 5.91 Å². The molecule has 9 heteroatoms. The normalized spacial score (nSPS) is 10.6. The first-order chi connectivity index (χ1) is 15.5. The minimum absolute atomic E-state index is 0.199. The van der Waals surface area contributed by atoms with Crippen molar-refractivity contribution in [3.8, 4) is 11.6 Å². The van der Waals surface area contributed by atoms with Crippen molar-refractivity contribution in [2.75, 3.05) is 24.7 Å². The van der Waals surface area contributed by atoms with Crippen LogP contribution in [0.4, 0.5) is 17.3 Å². The number of anilines is 3. The molecule has 0 spiro atoms. The van der Waals surface area contributed by atoms with Crippen molar-refractivity contribution < 1.29 is 13.9 Å². The number of nitrogens with zero attached hydrogens (tertiary/aromatic N) is 2. The molecule has 9 nitrogen and oxygen atoms in total. The van der Waals surface area contributed by atoms with Crippen molar-refractivity contribution in [2.45, 2.75) is 6.92 Å². The number of carbonyl (C=O) groups is 1. The Morgan fingerprint density at radius 1 is 1.16 bits per heavy atom. The van der Waals surface area contributed by atoms with E-state index in [1.807, 2.05) is 18.2 Å². The highest BCUT2D eigenvalue weighted by molar-refractivity contribution is 6.07. The standard InChI is InChI=1S/C23H22N6O3/c1-13-21(22(30)26-3)17-6-5-16(11-19(17)31-13)32-20-8-9-27-23(29-20)28-15-4-7-18(25-2)14(10-15)12-24/h4-12,24-25H,1-3H3,(H,26,30)(H,27,28,29). The summed E-state index contributed by atoms with van der Waals surface area (Å²) in [5, 5.41) is 17.1. The summed E-state index contributed by atoms with van der Waals surface area (Å²) in [5.74, 6) is 1.56. The number of aromatic nitrogens is 2. The fraction of sp³-hybridized carbons (Fsp3) is 0.130. The van der Waals surface area contributed by atoms with Gasteiger partial charge in [-0.05, 0) is 37.3 Å². The number of carbonyl (C=O) groups excluding carboxylic acids is 1. The van der Waals surface area contributed by atoms with E-state index in [1.165, 1.54) is 6.21 Å². The Labute approximate surface area is 184 Å². The van der Waals surface area contributed by atoms with Gasteiger partial charge in [-0.1, -0.05) is 0 Å². The lowest BCUT2D eigenvalue weighted by Crippen LogP contribution is -2.18. The number of rotatable bonds is 7. The second-order valence-electron chi connectivity index (χ2n) is 6.91. The lowest BCUT2D eigenvalue weighted by atomic mass is 10.1. The summed E-state index contributed by atoms with van der Waals surface area (Å²) in [7, 11) is 3.39. The highest BCUT2D eigenvalue weighted by Gasteiger charge is 2.17. The lowest BCUT2D eigenvalue weighted by molar-refractivity contribution is 0.0963. The molecule has 0 aliphatic carbocycles. The molecule has 4 N–H and O–H groups in total. The zero-order valence-electron chi connectivity index (χ0n) is 17.8. The van der Waals surface area contributed by atoms with Crippen molar-refractivity contribution in [1.29, 1.82) is 5.41 Å². The molecule has 1 amide bonds. The number of furan rings is 1. The largest absolute Gasteiger partial charge is 0.460 e. The quantitative estimate of drug-likeness (QED) is 0.319. The zero-order valence-corrected chi connectivity index (χ0v) is 17.8. The van der Waals surface area contributed by atoms with E-state index in [2.05, 4.69) is 25.9 Å². The molecular formula is C23H22N6O3. The summed E-state index contributed by atoms with van der Waals surface area (Å²) < 4.78 is 11.6. The number of amides is 1. The van der Waals surface area contributed by atoms with Crippen LogP contribution in [0.2, 0.25) is 0 Å². The summed E-state index contributed by atoms with van der Waals surface area (Å²) in [6, 6.07) is 12.5. The van der Waals surface area contributed by atoms with Gasteiger partial charge in [0.05, 0.1) is 5.56 Å². The average Bonchev–Trinajstić information content (AvgIpc) is 3.13. The van der Waals surface area contributed by atoms with E-state index >= 15 is 0 Å². The molecule has 32 heavy (non-hydrogen) atoms. The van der Waals surface area contributed by atoms with Gasteiger partial charge < -0.3 is 30.5 Å². The van der Waals surface area contributed by atoms with E-state index in [9.17, 15) is 4.79 Å². The van der Waals surface area contributed by atoms with Crippen LogP contribution >= 0.6 is 0 Å². The molecule has 0 saturated carbocycles. The van der Waals surface area contributed by atoms with E-state index in [0.29, 0.717) is 39.9 Å². The van der Waals surface area contributed by atoms with Crippen molar-refractivity contribution in [1.82, 2.24) is 15.3 Å². The van der Waals surface area contributed by atoms with Crippen LogP contribution < -0.4 is 20.7 Å². The first kappa shape index (κ1) is 20.9. The molecular weight excluding hydrogens is 408 g/mol. The maximum Gasteiger partial charge on any atom is 0.255 e. The number of nitrogens with one attached hydrogen (secondary N) is 4. The minimum Gasteiger partial charge on any atom is -0.460 e. The highest BCUT2D eigenvalue weighted by Crippen LogP contribution is 2.31. The second kappa shape index (κ2) is 8.76. The lowest BCUT2D eigenvalue weighted by Gasteiger charge is -2.10. The fourth-order valence-corrected chi connectivity index (χ4v) is 3.37. The van der Waals surface area contributed by atoms with Crippen LogP contribution in [-0.4, -0.2) is 36.2 Å². The molecule has 0 aliphatic heterocycles. The molecule has 2 aromatic heterocycles. The Balaban J connectivity index is 1.56. The van der Waals surface area contributed by atoms with Crippen LogP contribution in [0, 0.1) is 12.3 Å². The van der Waals surface area contributed by atoms with Crippen LogP contribution in [0.15, 0.2) is 53.1 Å². The van der Waals surface area contributed by atoms with E-state index in [4.69, 9.17) is 14.6 Å². The van der Waals surface area contributed by atoms with Crippen LogP contribution in [0.5, 0.6) is 11.6 Å². The van der Waals surface area contributed by atoms with Gasteiger partial charge in [0.15, 0.2) is 0 Å². The predicted molar refractivity (Wildman–Crippen MR) is 124 cm³/mol. The molecule has 0 saturated heterocycles.